The van der Waals surface area contributed by atoms with Crippen molar-refractivity contribution in [3.8, 4) is 0 Å². The zero-order valence-corrected chi connectivity index (χ0v) is 51.0. The summed E-state index contributed by atoms with van der Waals surface area (Å²) in [6.45, 7) is 66.6. The maximum Gasteiger partial charge on any atom is 0.0460 e. The fraction of sp³-hybridized carbons (Fsp3) is 0.639. The van der Waals surface area contributed by atoms with Gasteiger partial charge in [-0.15, -0.1) is 0 Å². The monoisotopic (exact) mass is 1050 g/mol. The lowest BCUT2D eigenvalue weighted by Crippen LogP contribution is -2.19. The maximum absolute atomic E-state index is 4.72. The van der Waals surface area contributed by atoms with E-state index in [1.807, 2.05) is 24.8 Å². The molecule has 0 fully saturated rings. The molecule has 0 aliphatic rings. The second-order valence-corrected chi connectivity index (χ2v) is 29.8. The first kappa shape index (κ1) is 83.1. The molecule has 0 amide bonds. The summed E-state index contributed by atoms with van der Waals surface area (Å²) in [4.78, 5) is 17.9. The van der Waals surface area contributed by atoms with Crippen LogP contribution in [0.15, 0.2) is 97.6 Å². The van der Waals surface area contributed by atoms with Crippen molar-refractivity contribution in [3.63, 3.8) is 0 Å². The van der Waals surface area contributed by atoms with Crippen LogP contribution in [0.5, 0.6) is 0 Å². The van der Waals surface area contributed by atoms with Crippen LogP contribution in [0.1, 0.15) is 308 Å². The van der Waals surface area contributed by atoms with Crippen molar-refractivity contribution >= 4 is 0 Å². The lowest BCUT2D eigenvalue weighted by atomic mass is 9.81. The first-order valence-corrected chi connectivity index (χ1v) is 26.0. The summed E-state index contributed by atoms with van der Waals surface area (Å²) in [5, 5.41) is 0. The van der Waals surface area contributed by atoms with E-state index in [-0.39, 0.29) is 98.7 Å². The number of pyridine rings is 4. The molecule has 5 aromatic rings. The van der Waals surface area contributed by atoms with Crippen LogP contribution in [0.3, 0.4) is 0 Å². The molecule has 1 aromatic carbocycles. The van der Waals surface area contributed by atoms with Gasteiger partial charge in [0.05, 0.1) is 0 Å². The summed E-state index contributed by atoms with van der Waals surface area (Å²) in [5.41, 5.74) is 14.7. The Morgan fingerprint density at radius 2 is 0.461 bits per heavy atom. The van der Waals surface area contributed by atoms with E-state index in [9.17, 15) is 0 Å². The molecule has 0 aliphatic heterocycles. The van der Waals surface area contributed by atoms with E-state index in [4.69, 9.17) is 4.98 Å². The predicted octanol–water partition coefficient (Wildman–Crippen LogP) is 22.8. The standard InChI is InChI=1S/C14H22.4C13H21N.6CH4/c1-13(2,3)11-8-7-9-12(10-11)14(4,5)6;1-12(2,3)10-7-11(9-14-8-10)13(4,5)6;2*1-12(2,3)10-7-8-14-11(9-10)13(4,5)6;1-12(2,3)10-8-7-9-11(14-10)13(4,5)6;;;;;;/h7-10H,1-6H3;4*7-9H,1-6H3;6*1H4. The molecule has 0 aliphatic carbocycles. The Hall–Kier alpha value is -4.18. The molecular weight excluding hydrogens is 921 g/mol. The average Bonchev–Trinajstić information content (AvgIpc) is 3.19. The molecule has 0 saturated heterocycles. The summed E-state index contributed by atoms with van der Waals surface area (Å²) in [5.74, 6) is 0. The zero-order chi connectivity index (χ0) is 54.9. The Morgan fingerprint density at radius 3 is 0.697 bits per heavy atom. The number of aromatic nitrogens is 4. The second kappa shape index (κ2) is 30.8. The van der Waals surface area contributed by atoms with Gasteiger partial charge in [0.25, 0.3) is 0 Å². The molecule has 0 unspecified atom stereocenters. The van der Waals surface area contributed by atoms with Crippen molar-refractivity contribution < 1.29 is 0 Å². The number of rotatable bonds is 0. The van der Waals surface area contributed by atoms with E-state index in [0.29, 0.717) is 0 Å². The Balaban J connectivity index is -0.000000198. The quantitative estimate of drug-likeness (QED) is 0.155. The minimum Gasteiger partial charge on any atom is -0.264 e. The summed E-state index contributed by atoms with van der Waals surface area (Å²) < 4.78 is 0. The Morgan fingerprint density at radius 1 is 0.237 bits per heavy atom. The summed E-state index contributed by atoms with van der Waals surface area (Å²) in [6, 6.07) is 26.2. The van der Waals surface area contributed by atoms with E-state index >= 15 is 0 Å². The van der Waals surface area contributed by atoms with E-state index in [1.165, 1.54) is 56.2 Å². The molecule has 0 atom stereocenters. The fourth-order valence-corrected chi connectivity index (χ4v) is 6.60. The molecular formula is C72H130N4. The highest BCUT2D eigenvalue weighted by Gasteiger charge is 2.24. The first-order valence-electron chi connectivity index (χ1n) is 26.0. The van der Waals surface area contributed by atoms with Gasteiger partial charge in [0.2, 0.25) is 0 Å². The van der Waals surface area contributed by atoms with Crippen LogP contribution in [-0.4, -0.2) is 19.9 Å². The number of hydrogen-bond acceptors (Lipinski definition) is 4. The van der Waals surface area contributed by atoms with E-state index in [1.54, 1.807) is 0 Å². The molecule has 4 aromatic heterocycles. The molecule has 5 rings (SSSR count). The van der Waals surface area contributed by atoms with Crippen molar-refractivity contribution in [2.24, 2.45) is 0 Å². The van der Waals surface area contributed by atoms with Crippen molar-refractivity contribution in [3.05, 3.63) is 154 Å². The number of nitrogens with zero attached hydrogens (tertiary/aromatic N) is 4. The van der Waals surface area contributed by atoms with Crippen LogP contribution in [-0.2, 0) is 54.1 Å². The minimum atomic E-state index is 0. The van der Waals surface area contributed by atoms with Gasteiger partial charge < -0.3 is 0 Å². The van der Waals surface area contributed by atoms with Gasteiger partial charge in [-0.2, -0.15) is 0 Å². The topological polar surface area (TPSA) is 51.6 Å². The normalized spacial score (nSPS) is 12.0. The largest absolute Gasteiger partial charge is 0.264 e. The molecule has 4 heteroatoms. The third kappa shape index (κ3) is 29.5. The molecule has 0 spiro atoms. The molecule has 0 N–H and O–H groups in total. The lowest BCUT2D eigenvalue weighted by Gasteiger charge is -2.24. The highest BCUT2D eigenvalue weighted by Crippen LogP contribution is 2.31. The van der Waals surface area contributed by atoms with E-state index in [0.717, 1.165) is 0 Å². The molecule has 76 heavy (non-hydrogen) atoms. The van der Waals surface area contributed by atoms with Crippen molar-refractivity contribution in [1.82, 2.24) is 19.9 Å². The van der Waals surface area contributed by atoms with Gasteiger partial charge in [-0.25, -0.2) is 0 Å². The van der Waals surface area contributed by atoms with Gasteiger partial charge in [0.15, 0.2) is 0 Å². The van der Waals surface area contributed by atoms with Crippen LogP contribution < -0.4 is 0 Å². The predicted molar refractivity (Wildman–Crippen MR) is 351 cm³/mol. The van der Waals surface area contributed by atoms with Crippen LogP contribution in [0.25, 0.3) is 0 Å². The second-order valence-electron chi connectivity index (χ2n) is 29.8. The summed E-state index contributed by atoms with van der Waals surface area (Å²) in [6.07, 6.45) is 7.77. The molecule has 0 saturated carbocycles. The number of benzene rings is 1. The SMILES string of the molecule is C.C.C.C.C.C.CC(C)(C)c1cccc(C(C)(C)C)c1.CC(C)(C)c1cccc(C(C)(C)C)n1.CC(C)(C)c1ccnc(C(C)(C)C)c1.CC(C)(C)c1ccnc(C(C)(C)C)c1.CC(C)(C)c1cncc(C(C)(C)C)c1. The molecule has 438 valence electrons. The maximum atomic E-state index is 4.72. The Bertz CT molecular complexity index is 1810. The van der Waals surface area contributed by atoms with Gasteiger partial charge in [0, 0.05) is 69.2 Å². The van der Waals surface area contributed by atoms with Crippen molar-refractivity contribution in [2.45, 2.75) is 306 Å². The van der Waals surface area contributed by atoms with Crippen LogP contribution >= 0.6 is 0 Å². The first-order chi connectivity index (χ1) is 31.1. The average molecular weight is 1050 g/mol. The molecule has 4 nitrogen and oxygen atoms in total. The van der Waals surface area contributed by atoms with E-state index in [2.05, 4.69) is 295 Å². The fourth-order valence-electron chi connectivity index (χ4n) is 6.60. The van der Waals surface area contributed by atoms with Gasteiger partial charge >= 0.3 is 0 Å². The highest BCUT2D eigenvalue weighted by atomic mass is 14.7. The van der Waals surface area contributed by atoms with Gasteiger partial charge in [-0.05, 0) is 102 Å². The van der Waals surface area contributed by atoms with Gasteiger partial charge in [-0.3, -0.25) is 19.9 Å². The smallest absolute Gasteiger partial charge is 0.0460 e. The van der Waals surface area contributed by atoms with Crippen molar-refractivity contribution in [1.29, 1.82) is 0 Å². The van der Waals surface area contributed by atoms with Gasteiger partial charge in [-0.1, -0.05) is 289 Å². The molecule has 0 bridgehead atoms. The summed E-state index contributed by atoms with van der Waals surface area (Å²) in [7, 11) is 0. The lowest BCUT2D eigenvalue weighted by molar-refractivity contribution is 0.531. The summed E-state index contributed by atoms with van der Waals surface area (Å²) >= 11 is 0. The third-order valence-corrected chi connectivity index (χ3v) is 12.1. The van der Waals surface area contributed by atoms with Crippen LogP contribution in [0.4, 0.5) is 0 Å². The Labute approximate surface area is 477 Å². The molecule has 4 heterocycles. The minimum absolute atomic E-state index is 0. The third-order valence-electron chi connectivity index (χ3n) is 12.1. The van der Waals surface area contributed by atoms with Crippen molar-refractivity contribution in [2.75, 3.05) is 0 Å². The van der Waals surface area contributed by atoms with Gasteiger partial charge in [0.1, 0.15) is 0 Å². The number of hydrogen-bond donors (Lipinski definition) is 0. The molecule has 0 radical (unpaired) electrons. The van der Waals surface area contributed by atoms with Crippen LogP contribution in [0.2, 0.25) is 0 Å². The zero-order valence-electron chi connectivity index (χ0n) is 51.0. The Kier molecular flexibility index (Phi) is 33.7. The van der Waals surface area contributed by atoms with Crippen LogP contribution in [0, 0.1) is 0 Å². The highest BCUT2D eigenvalue weighted by molar-refractivity contribution is 5.33. The van der Waals surface area contributed by atoms with E-state index < -0.39 is 0 Å².